The fourth-order valence-electron chi connectivity index (χ4n) is 2.26. The highest BCUT2D eigenvalue weighted by molar-refractivity contribution is 5.66. The molecule has 0 radical (unpaired) electrons. The summed E-state index contributed by atoms with van der Waals surface area (Å²) in [4.78, 5) is 10.7. The highest BCUT2D eigenvalue weighted by Gasteiger charge is 2.45. The standard InChI is InChI=1S/C9H14O4/c1-5(10)13-9-4-12-8-3-6(11)2-7(8)9/h6-9,11H,2-4H2,1H3. The Labute approximate surface area is 76.8 Å². The first-order valence-corrected chi connectivity index (χ1v) is 4.63. The first kappa shape index (κ1) is 8.97. The number of ether oxygens (including phenoxy) is 2. The smallest absolute Gasteiger partial charge is 0.302 e. The van der Waals surface area contributed by atoms with Gasteiger partial charge in [0, 0.05) is 12.8 Å². The number of carbonyl (C=O) groups excluding carboxylic acids is 1. The SMILES string of the molecule is CC(=O)OC1COC2CC(O)CC21. The van der Waals surface area contributed by atoms with Crippen LogP contribution in [0.25, 0.3) is 0 Å². The van der Waals surface area contributed by atoms with E-state index >= 15 is 0 Å². The predicted molar refractivity (Wildman–Crippen MR) is 44.0 cm³/mol. The van der Waals surface area contributed by atoms with Crippen LogP contribution in [0.2, 0.25) is 0 Å². The summed E-state index contributed by atoms with van der Waals surface area (Å²) in [7, 11) is 0. The third-order valence-corrected chi connectivity index (χ3v) is 2.80. The topological polar surface area (TPSA) is 55.8 Å². The summed E-state index contributed by atoms with van der Waals surface area (Å²) in [6.07, 6.45) is 1.05. The number of hydrogen-bond acceptors (Lipinski definition) is 4. The number of esters is 1. The molecule has 4 heteroatoms. The van der Waals surface area contributed by atoms with Crippen molar-refractivity contribution in [1.29, 1.82) is 0 Å². The highest BCUT2D eigenvalue weighted by atomic mass is 16.6. The molecule has 4 atom stereocenters. The molecule has 1 saturated carbocycles. The molecule has 74 valence electrons. The summed E-state index contributed by atoms with van der Waals surface area (Å²) in [6.45, 7) is 1.89. The van der Waals surface area contributed by atoms with Crippen molar-refractivity contribution in [2.75, 3.05) is 6.61 Å². The van der Waals surface area contributed by atoms with Crippen LogP contribution < -0.4 is 0 Å². The average molecular weight is 186 g/mol. The molecule has 13 heavy (non-hydrogen) atoms. The molecule has 1 N–H and O–H groups in total. The number of aliphatic hydroxyl groups is 1. The third kappa shape index (κ3) is 1.69. The number of hydrogen-bond donors (Lipinski definition) is 1. The van der Waals surface area contributed by atoms with Crippen molar-refractivity contribution in [2.24, 2.45) is 5.92 Å². The van der Waals surface area contributed by atoms with Crippen molar-refractivity contribution in [1.82, 2.24) is 0 Å². The Balaban J connectivity index is 1.96. The molecule has 1 heterocycles. The molecule has 4 unspecified atom stereocenters. The molecule has 0 spiro atoms. The zero-order valence-electron chi connectivity index (χ0n) is 7.60. The Hall–Kier alpha value is -0.610. The van der Waals surface area contributed by atoms with Gasteiger partial charge in [0.25, 0.3) is 0 Å². The number of carbonyl (C=O) groups is 1. The molecule has 2 aliphatic rings. The molecule has 1 aliphatic heterocycles. The van der Waals surface area contributed by atoms with Crippen LogP contribution in [0.4, 0.5) is 0 Å². The third-order valence-electron chi connectivity index (χ3n) is 2.80. The lowest BCUT2D eigenvalue weighted by molar-refractivity contribution is -0.148. The van der Waals surface area contributed by atoms with Crippen molar-refractivity contribution in [3.63, 3.8) is 0 Å². The zero-order valence-corrected chi connectivity index (χ0v) is 7.60. The van der Waals surface area contributed by atoms with Gasteiger partial charge in [0.2, 0.25) is 0 Å². The van der Waals surface area contributed by atoms with Gasteiger partial charge < -0.3 is 14.6 Å². The molecule has 0 bridgehead atoms. The van der Waals surface area contributed by atoms with Gasteiger partial charge >= 0.3 is 5.97 Å². The van der Waals surface area contributed by atoms with E-state index in [0.29, 0.717) is 19.4 Å². The van der Waals surface area contributed by atoms with Crippen molar-refractivity contribution < 1.29 is 19.4 Å². The Kier molecular flexibility index (Phi) is 2.26. The van der Waals surface area contributed by atoms with Crippen LogP contribution in [-0.2, 0) is 14.3 Å². The van der Waals surface area contributed by atoms with Crippen molar-refractivity contribution in [2.45, 2.75) is 38.1 Å². The summed E-state index contributed by atoms with van der Waals surface area (Å²) in [5.41, 5.74) is 0. The Bertz CT molecular complexity index is 216. The Morgan fingerprint density at radius 3 is 3.00 bits per heavy atom. The summed E-state index contributed by atoms with van der Waals surface area (Å²) in [5.74, 6) is -0.0606. The van der Waals surface area contributed by atoms with Gasteiger partial charge in [-0.2, -0.15) is 0 Å². The number of fused-ring (bicyclic) bond motifs is 1. The molecule has 4 nitrogen and oxygen atoms in total. The van der Waals surface area contributed by atoms with E-state index < -0.39 is 0 Å². The minimum atomic E-state index is -0.284. The van der Waals surface area contributed by atoms with Gasteiger partial charge in [-0.05, 0) is 12.8 Å². The van der Waals surface area contributed by atoms with Gasteiger partial charge in [-0.1, -0.05) is 0 Å². The average Bonchev–Trinajstić information content (AvgIpc) is 2.51. The van der Waals surface area contributed by atoms with Crippen LogP contribution in [0, 0.1) is 5.92 Å². The van der Waals surface area contributed by atoms with E-state index in [4.69, 9.17) is 9.47 Å². The first-order chi connectivity index (χ1) is 6.16. The molecule has 2 fully saturated rings. The summed E-state index contributed by atoms with van der Waals surface area (Å²) in [5, 5.41) is 9.37. The minimum absolute atomic E-state index is 0.0966. The molecule has 1 aliphatic carbocycles. The molecule has 1 saturated heterocycles. The maximum Gasteiger partial charge on any atom is 0.302 e. The van der Waals surface area contributed by atoms with Gasteiger partial charge in [-0.25, -0.2) is 0 Å². The van der Waals surface area contributed by atoms with Crippen molar-refractivity contribution in [3.8, 4) is 0 Å². The lowest BCUT2D eigenvalue weighted by Crippen LogP contribution is -2.25. The molecular formula is C9H14O4. The predicted octanol–water partition coefficient (Wildman–Crippen LogP) is 0.0878. The zero-order chi connectivity index (χ0) is 9.42. The summed E-state index contributed by atoms with van der Waals surface area (Å²) >= 11 is 0. The van der Waals surface area contributed by atoms with Gasteiger partial charge in [0.05, 0.1) is 18.8 Å². The summed E-state index contributed by atoms with van der Waals surface area (Å²) in [6, 6.07) is 0. The molecule has 2 rings (SSSR count). The normalized spacial score (nSPS) is 43.2. The fourth-order valence-corrected chi connectivity index (χ4v) is 2.26. The molecule has 0 aromatic carbocycles. The molecular weight excluding hydrogens is 172 g/mol. The molecule has 0 amide bonds. The van der Waals surface area contributed by atoms with E-state index in [0.717, 1.165) is 0 Å². The second-order valence-corrected chi connectivity index (χ2v) is 3.81. The van der Waals surface area contributed by atoms with Crippen LogP contribution in [-0.4, -0.2) is 36.0 Å². The molecule has 0 aromatic rings. The van der Waals surface area contributed by atoms with E-state index in [2.05, 4.69) is 0 Å². The van der Waals surface area contributed by atoms with Crippen LogP contribution >= 0.6 is 0 Å². The monoisotopic (exact) mass is 186 g/mol. The van der Waals surface area contributed by atoms with Crippen molar-refractivity contribution >= 4 is 5.97 Å². The second kappa shape index (κ2) is 3.27. The maximum atomic E-state index is 10.7. The summed E-state index contributed by atoms with van der Waals surface area (Å²) < 4.78 is 10.5. The lowest BCUT2D eigenvalue weighted by atomic mass is 10.0. The number of rotatable bonds is 1. The number of aliphatic hydroxyl groups excluding tert-OH is 1. The maximum absolute atomic E-state index is 10.7. The van der Waals surface area contributed by atoms with E-state index in [1.54, 1.807) is 0 Å². The quantitative estimate of drug-likeness (QED) is 0.589. The van der Waals surface area contributed by atoms with Gasteiger partial charge in [-0.15, -0.1) is 0 Å². The van der Waals surface area contributed by atoms with Gasteiger partial charge in [0.1, 0.15) is 6.10 Å². The van der Waals surface area contributed by atoms with Gasteiger partial charge in [0.15, 0.2) is 0 Å². The van der Waals surface area contributed by atoms with Crippen molar-refractivity contribution in [3.05, 3.63) is 0 Å². The Morgan fingerprint density at radius 2 is 2.31 bits per heavy atom. The largest absolute Gasteiger partial charge is 0.460 e. The van der Waals surface area contributed by atoms with E-state index in [9.17, 15) is 9.90 Å². The first-order valence-electron chi connectivity index (χ1n) is 4.63. The van der Waals surface area contributed by atoms with Crippen LogP contribution in [0.1, 0.15) is 19.8 Å². The minimum Gasteiger partial charge on any atom is -0.460 e. The van der Waals surface area contributed by atoms with E-state index in [1.807, 2.05) is 0 Å². The highest BCUT2D eigenvalue weighted by Crippen LogP contribution is 2.37. The van der Waals surface area contributed by atoms with Crippen LogP contribution in [0.15, 0.2) is 0 Å². The second-order valence-electron chi connectivity index (χ2n) is 3.81. The van der Waals surface area contributed by atoms with Crippen LogP contribution in [0.3, 0.4) is 0 Å². The van der Waals surface area contributed by atoms with Crippen LogP contribution in [0.5, 0.6) is 0 Å². The van der Waals surface area contributed by atoms with E-state index in [1.165, 1.54) is 6.92 Å². The van der Waals surface area contributed by atoms with E-state index in [-0.39, 0.29) is 30.2 Å². The fraction of sp³-hybridized carbons (Fsp3) is 0.889. The molecule has 0 aromatic heterocycles. The Morgan fingerprint density at radius 1 is 1.54 bits per heavy atom. The lowest BCUT2D eigenvalue weighted by Gasteiger charge is -2.15. The van der Waals surface area contributed by atoms with Gasteiger partial charge in [-0.3, -0.25) is 4.79 Å².